The third kappa shape index (κ3) is 1.62. The molecule has 6 heavy (non-hydrogen) atoms. The van der Waals surface area contributed by atoms with Gasteiger partial charge >= 0.3 is 0 Å². The van der Waals surface area contributed by atoms with Gasteiger partial charge in [0.15, 0.2) is 0 Å². The molecular formula is CH5N3O2. The number of hydrazine groups is 1. The Morgan fingerprint density at radius 2 is 2.50 bits per heavy atom. The van der Waals surface area contributed by atoms with Crippen LogP contribution in [0, 0.1) is 4.91 Å². The van der Waals surface area contributed by atoms with Crippen molar-refractivity contribution in [3.8, 4) is 0 Å². The van der Waals surface area contributed by atoms with Crippen LogP contribution in [-0.4, -0.2) is 17.4 Å². The molecule has 0 bridgehead atoms. The molecule has 0 saturated heterocycles. The van der Waals surface area contributed by atoms with E-state index in [4.69, 9.17) is 5.21 Å². The van der Waals surface area contributed by atoms with Crippen LogP contribution in [0.1, 0.15) is 0 Å². The highest BCUT2D eigenvalue weighted by atomic mass is 16.5. The summed E-state index contributed by atoms with van der Waals surface area (Å²) >= 11 is 0. The minimum Gasteiger partial charge on any atom is -0.296 e. The smallest absolute Gasteiger partial charge is 0.0700 e. The van der Waals surface area contributed by atoms with Gasteiger partial charge in [-0.1, -0.05) is 5.59 Å². The van der Waals surface area contributed by atoms with Gasteiger partial charge in [0.05, 0.1) is 5.29 Å². The van der Waals surface area contributed by atoms with Crippen molar-refractivity contribution >= 4 is 0 Å². The summed E-state index contributed by atoms with van der Waals surface area (Å²) in [6.45, 7) is 0. The Balaban J connectivity index is 2.96. The number of nitrogens with zero attached hydrogens (tertiary/aromatic N) is 2. The van der Waals surface area contributed by atoms with Crippen molar-refractivity contribution in [2.75, 3.05) is 7.05 Å². The Hall–Kier alpha value is -0.680. The molecule has 0 rings (SSSR count). The van der Waals surface area contributed by atoms with Crippen LogP contribution in [0.2, 0.25) is 0 Å². The van der Waals surface area contributed by atoms with Gasteiger partial charge in [0, 0.05) is 7.05 Å². The number of nitroso groups, excluding NO2 is 1. The second-order valence-corrected chi connectivity index (χ2v) is 0.705. The molecule has 0 aromatic heterocycles. The Morgan fingerprint density at radius 3 is 2.50 bits per heavy atom. The second kappa shape index (κ2) is 2.55. The lowest BCUT2D eigenvalue weighted by molar-refractivity contribution is -0.000727. The van der Waals surface area contributed by atoms with E-state index in [9.17, 15) is 4.91 Å². The largest absolute Gasteiger partial charge is 0.296 e. The molecule has 5 nitrogen and oxygen atoms in total. The normalized spacial score (nSPS) is 7.67. The van der Waals surface area contributed by atoms with Crippen LogP contribution in [-0.2, 0) is 0 Å². The van der Waals surface area contributed by atoms with Crippen LogP contribution in [0.15, 0.2) is 5.29 Å². The van der Waals surface area contributed by atoms with Gasteiger partial charge in [0.25, 0.3) is 0 Å². The van der Waals surface area contributed by atoms with E-state index in [-0.39, 0.29) is 0 Å². The van der Waals surface area contributed by atoms with Gasteiger partial charge in [-0.2, -0.15) is 5.12 Å². The number of hydrogen-bond acceptors (Lipinski definition) is 4. The van der Waals surface area contributed by atoms with Crippen LogP contribution >= 0.6 is 0 Å². The lowest BCUT2D eigenvalue weighted by Gasteiger charge is -1.99. The lowest BCUT2D eigenvalue weighted by Crippen LogP contribution is -2.24. The molecule has 0 saturated carbocycles. The Labute approximate surface area is 34.4 Å². The number of nitrogens with one attached hydrogen (secondary N) is 1. The zero-order valence-corrected chi connectivity index (χ0v) is 3.25. The summed E-state index contributed by atoms with van der Waals surface area (Å²) in [5.74, 6) is 0. The molecule has 2 N–H and O–H groups in total. The fourth-order valence-electron chi connectivity index (χ4n) is 0.0183. The van der Waals surface area contributed by atoms with Crippen LogP contribution in [0.25, 0.3) is 0 Å². The summed E-state index contributed by atoms with van der Waals surface area (Å²) in [7, 11) is 1.27. The van der Waals surface area contributed by atoms with E-state index in [1.54, 1.807) is 0 Å². The van der Waals surface area contributed by atoms with Crippen molar-refractivity contribution in [2.24, 2.45) is 5.29 Å². The molecule has 0 aliphatic rings. The topological polar surface area (TPSA) is 64.9 Å². The molecule has 0 aromatic rings. The summed E-state index contributed by atoms with van der Waals surface area (Å²) in [5.41, 5.74) is 1.47. The van der Waals surface area contributed by atoms with Gasteiger partial charge in [0.2, 0.25) is 0 Å². The first-order valence-corrected chi connectivity index (χ1v) is 1.28. The first kappa shape index (κ1) is 5.32. The summed E-state index contributed by atoms with van der Waals surface area (Å²) in [5, 5.41) is 10.6. The van der Waals surface area contributed by atoms with Crippen molar-refractivity contribution in [2.45, 2.75) is 0 Å². The van der Waals surface area contributed by atoms with Crippen molar-refractivity contribution < 1.29 is 5.21 Å². The second-order valence-electron chi connectivity index (χ2n) is 0.705. The minimum absolute atomic E-state index is 0.625. The Bertz CT molecular complexity index is 46.1. The summed E-state index contributed by atoms with van der Waals surface area (Å²) in [6.07, 6.45) is 0. The highest BCUT2D eigenvalue weighted by molar-refractivity contribution is 4.13. The highest BCUT2D eigenvalue weighted by Crippen LogP contribution is 1.64. The molecule has 0 aliphatic heterocycles. The molecule has 0 amide bonds. The first-order chi connectivity index (χ1) is 2.81. The van der Waals surface area contributed by atoms with Gasteiger partial charge in [0.1, 0.15) is 0 Å². The van der Waals surface area contributed by atoms with Gasteiger partial charge in [-0.15, -0.1) is 4.91 Å². The molecule has 36 valence electrons. The summed E-state index contributed by atoms with van der Waals surface area (Å²) in [4.78, 5) is 9.19. The SMILES string of the molecule is CN(N=O)NO. The standard InChI is InChI=1S/CH5N3O2/c1-4(2-5)3-6/h2,5H,1H3. The van der Waals surface area contributed by atoms with E-state index < -0.39 is 0 Å². The zero-order chi connectivity index (χ0) is 4.99. The third-order valence-corrected chi connectivity index (χ3v) is 0.267. The number of hydrogen-bond donors (Lipinski definition) is 2. The van der Waals surface area contributed by atoms with E-state index in [1.807, 2.05) is 0 Å². The predicted molar refractivity (Wildman–Crippen MR) is 18.5 cm³/mol. The maximum Gasteiger partial charge on any atom is 0.0700 e. The maximum absolute atomic E-state index is 9.19. The van der Waals surface area contributed by atoms with E-state index >= 15 is 0 Å². The molecule has 0 spiro atoms. The van der Waals surface area contributed by atoms with Crippen molar-refractivity contribution in [1.82, 2.24) is 10.7 Å². The lowest BCUT2D eigenvalue weighted by atomic mass is 11.4. The fraction of sp³-hybridized carbons (Fsp3) is 1.00. The molecule has 0 radical (unpaired) electrons. The van der Waals surface area contributed by atoms with E-state index in [1.165, 1.54) is 12.6 Å². The summed E-state index contributed by atoms with van der Waals surface area (Å²) in [6, 6.07) is 0. The van der Waals surface area contributed by atoms with Crippen LogP contribution in [0.5, 0.6) is 0 Å². The highest BCUT2D eigenvalue weighted by Gasteiger charge is 1.80. The average molecular weight is 91.1 g/mol. The van der Waals surface area contributed by atoms with Crippen molar-refractivity contribution in [3.63, 3.8) is 0 Å². The van der Waals surface area contributed by atoms with Crippen molar-refractivity contribution in [3.05, 3.63) is 4.91 Å². The van der Waals surface area contributed by atoms with Gasteiger partial charge in [-0.25, -0.2) is 0 Å². The van der Waals surface area contributed by atoms with Gasteiger partial charge in [-0.3, -0.25) is 5.21 Å². The average Bonchev–Trinajstić information content (AvgIpc) is 1.65. The van der Waals surface area contributed by atoms with Crippen LogP contribution in [0.3, 0.4) is 0 Å². The number of rotatable bonds is 2. The van der Waals surface area contributed by atoms with Gasteiger partial charge < -0.3 is 0 Å². The molecule has 0 aliphatic carbocycles. The molecule has 0 unspecified atom stereocenters. The van der Waals surface area contributed by atoms with E-state index in [0.717, 1.165) is 0 Å². The fourth-order valence-corrected chi connectivity index (χ4v) is 0.0183. The third-order valence-electron chi connectivity index (χ3n) is 0.267. The molecular weight excluding hydrogens is 86.0 g/mol. The maximum atomic E-state index is 9.19. The quantitative estimate of drug-likeness (QED) is 0.355. The molecule has 0 aromatic carbocycles. The first-order valence-electron chi connectivity index (χ1n) is 1.28. The minimum atomic E-state index is 0.625. The van der Waals surface area contributed by atoms with Crippen LogP contribution in [0.4, 0.5) is 0 Å². The van der Waals surface area contributed by atoms with Crippen LogP contribution < -0.4 is 5.59 Å². The van der Waals surface area contributed by atoms with Gasteiger partial charge in [-0.05, 0) is 0 Å². The van der Waals surface area contributed by atoms with Crippen molar-refractivity contribution in [1.29, 1.82) is 0 Å². The summed E-state index contributed by atoms with van der Waals surface area (Å²) < 4.78 is 0. The molecule has 0 heterocycles. The van der Waals surface area contributed by atoms with E-state index in [0.29, 0.717) is 5.12 Å². The molecule has 5 heteroatoms. The van der Waals surface area contributed by atoms with E-state index in [2.05, 4.69) is 5.29 Å². The predicted octanol–water partition coefficient (Wildman–Crippen LogP) is -0.507. The Morgan fingerprint density at radius 1 is 2.00 bits per heavy atom. The monoisotopic (exact) mass is 91.0 g/mol. The molecule has 0 fully saturated rings. The Kier molecular flexibility index (Phi) is 2.26. The molecule has 0 atom stereocenters. The zero-order valence-electron chi connectivity index (χ0n) is 3.25.